The number of hydrogen-bond donors (Lipinski definition) is 1. The Morgan fingerprint density at radius 1 is 1.05 bits per heavy atom. The van der Waals surface area contributed by atoms with Crippen molar-refractivity contribution in [1.29, 1.82) is 0 Å². The zero-order chi connectivity index (χ0) is 14.5. The second-order valence-electron chi connectivity index (χ2n) is 4.36. The summed E-state index contributed by atoms with van der Waals surface area (Å²) in [5, 5.41) is 0.407. The predicted octanol–water partition coefficient (Wildman–Crippen LogP) is 3.70. The van der Waals surface area contributed by atoms with E-state index in [1.54, 1.807) is 6.07 Å². The molecule has 106 valence electrons. The Labute approximate surface area is 121 Å². The van der Waals surface area contributed by atoms with Crippen LogP contribution in [0, 0.1) is 11.6 Å². The van der Waals surface area contributed by atoms with Crippen LogP contribution in [-0.2, 0) is 13.0 Å². The monoisotopic (exact) mass is 297 g/mol. The van der Waals surface area contributed by atoms with Crippen molar-refractivity contribution in [2.45, 2.75) is 13.0 Å². The molecule has 0 spiro atoms. The minimum absolute atomic E-state index is 0.0715. The van der Waals surface area contributed by atoms with Gasteiger partial charge in [0.1, 0.15) is 24.0 Å². The molecular weight excluding hydrogens is 284 g/mol. The van der Waals surface area contributed by atoms with Crippen LogP contribution >= 0.6 is 11.6 Å². The van der Waals surface area contributed by atoms with Gasteiger partial charge in [-0.15, -0.1) is 0 Å². The van der Waals surface area contributed by atoms with Gasteiger partial charge in [0, 0.05) is 16.7 Å². The number of nitrogens with two attached hydrogens (primary N) is 1. The van der Waals surface area contributed by atoms with Crippen LogP contribution in [0.15, 0.2) is 36.4 Å². The zero-order valence-electron chi connectivity index (χ0n) is 10.7. The molecule has 0 heterocycles. The summed E-state index contributed by atoms with van der Waals surface area (Å²) in [6.07, 6.45) is 0.564. The summed E-state index contributed by atoms with van der Waals surface area (Å²) < 4.78 is 32.0. The summed E-state index contributed by atoms with van der Waals surface area (Å²) >= 11 is 5.94. The predicted molar refractivity (Wildman–Crippen MR) is 74.9 cm³/mol. The van der Waals surface area contributed by atoms with E-state index in [4.69, 9.17) is 22.1 Å². The lowest BCUT2D eigenvalue weighted by atomic mass is 10.1. The normalized spacial score (nSPS) is 10.6. The minimum atomic E-state index is -0.393. The molecule has 0 aromatic heterocycles. The molecule has 2 aromatic rings. The van der Waals surface area contributed by atoms with E-state index in [2.05, 4.69) is 0 Å². The molecule has 0 radical (unpaired) electrons. The Morgan fingerprint density at radius 3 is 2.60 bits per heavy atom. The van der Waals surface area contributed by atoms with Crippen molar-refractivity contribution in [2.75, 3.05) is 6.54 Å². The molecule has 0 aliphatic heterocycles. The zero-order valence-corrected chi connectivity index (χ0v) is 11.5. The van der Waals surface area contributed by atoms with Crippen molar-refractivity contribution in [1.82, 2.24) is 0 Å². The van der Waals surface area contributed by atoms with E-state index in [1.807, 2.05) is 0 Å². The largest absolute Gasteiger partial charge is 0.489 e. The van der Waals surface area contributed by atoms with E-state index in [9.17, 15) is 8.78 Å². The number of rotatable bonds is 5. The van der Waals surface area contributed by atoms with E-state index >= 15 is 0 Å². The first-order valence-corrected chi connectivity index (χ1v) is 6.52. The van der Waals surface area contributed by atoms with Crippen LogP contribution in [0.4, 0.5) is 8.78 Å². The van der Waals surface area contributed by atoms with Gasteiger partial charge >= 0.3 is 0 Å². The molecule has 0 aliphatic carbocycles. The Morgan fingerprint density at radius 2 is 1.85 bits per heavy atom. The van der Waals surface area contributed by atoms with Crippen molar-refractivity contribution in [3.05, 3.63) is 64.2 Å². The van der Waals surface area contributed by atoms with Gasteiger partial charge in [0.05, 0.1) is 0 Å². The van der Waals surface area contributed by atoms with Crippen molar-refractivity contribution in [3.8, 4) is 5.75 Å². The summed E-state index contributed by atoms with van der Waals surface area (Å²) in [7, 11) is 0. The van der Waals surface area contributed by atoms with E-state index < -0.39 is 11.6 Å². The van der Waals surface area contributed by atoms with Crippen LogP contribution in [0.5, 0.6) is 5.75 Å². The highest BCUT2D eigenvalue weighted by molar-refractivity contribution is 6.31. The van der Waals surface area contributed by atoms with E-state index in [1.165, 1.54) is 30.3 Å². The fourth-order valence-electron chi connectivity index (χ4n) is 1.83. The minimum Gasteiger partial charge on any atom is -0.489 e. The molecular formula is C15H14ClF2NO. The van der Waals surface area contributed by atoms with Gasteiger partial charge < -0.3 is 10.5 Å². The highest BCUT2D eigenvalue weighted by Crippen LogP contribution is 2.21. The van der Waals surface area contributed by atoms with Gasteiger partial charge in [0.25, 0.3) is 0 Å². The van der Waals surface area contributed by atoms with Crippen molar-refractivity contribution >= 4 is 11.6 Å². The van der Waals surface area contributed by atoms with Crippen LogP contribution in [0.25, 0.3) is 0 Å². The third-order valence-electron chi connectivity index (χ3n) is 2.77. The third kappa shape index (κ3) is 3.92. The molecule has 0 saturated carbocycles. The SMILES string of the molecule is NCCc1cc(F)cc(OCc2cc(F)ccc2Cl)c1. The summed E-state index contributed by atoms with van der Waals surface area (Å²) in [6, 6.07) is 8.42. The van der Waals surface area contributed by atoms with Gasteiger partial charge in [-0.05, 0) is 48.9 Å². The lowest BCUT2D eigenvalue weighted by Gasteiger charge is -2.10. The van der Waals surface area contributed by atoms with E-state index in [0.717, 1.165) is 5.56 Å². The van der Waals surface area contributed by atoms with Gasteiger partial charge in [-0.2, -0.15) is 0 Å². The van der Waals surface area contributed by atoms with Crippen LogP contribution in [0.2, 0.25) is 5.02 Å². The average Bonchev–Trinajstić information content (AvgIpc) is 2.40. The van der Waals surface area contributed by atoms with Gasteiger partial charge in [0.15, 0.2) is 0 Å². The molecule has 2 N–H and O–H groups in total. The molecule has 0 aliphatic rings. The summed E-state index contributed by atoms with van der Waals surface area (Å²) in [4.78, 5) is 0. The molecule has 5 heteroatoms. The Balaban J connectivity index is 2.12. The summed E-state index contributed by atoms with van der Waals surface area (Å²) in [5.41, 5.74) is 6.71. The fraction of sp³-hybridized carbons (Fsp3) is 0.200. The molecule has 0 unspecified atom stereocenters. The van der Waals surface area contributed by atoms with Crippen molar-refractivity contribution in [3.63, 3.8) is 0 Å². The Bertz CT molecular complexity index is 604. The van der Waals surface area contributed by atoms with Crippen LogP contribution in [-0.4, -0.2) is 6.54 Å². The highest BCUT2D eigenvalue weighted by Gasteiger charge is 2.06. The standard InChI is InChI=1S/C15H14ClF2NO/c16-15-2-1-12(17)7-11(15)9-20-14-6-10(3-4-19)5-13(18)8-14/h1-2,5-8H,3-4,9,19H2. The maximum absolute atomic E-state index is 13.4. The van der Waals surface area contributed by atoms with Gasteiger partial charge in [-0.1, -0.05) is 11.6 Å². The number of halogens is 3. The second-order valence-corrected chi connectivity index (χ2v) is 4.77. The van der Waals surface area contributed by atoms with Gasteiger partial charge in [-0.3, -0.25) is 0 Å². The molecule has 0 amide bonds. The lowest BCUT2D eigenvalue weighted by molar-refractivity contribution is 0.303. The van der Waals surface area contributed by atoms with Crippen molar-refractivity contribution < 1.29 is 13.5 Å². The van der Waals surface area contributed by atoms with Crippen LogP contribution in [0.3, 0.4) is 0 Å². The van der Waals surface area contributed by atoms with Gasteiger partial charge in [0.2, 0.25) is 0 Å². The fourth-order valence-corrected chi connectivity index (χ4v) is 2.00. The number of ether oxygens (including phenoxy) is 1. The topological polar surface area (TPSA) is 35.2 Å². The summed E-state index contributed by atoms with van der Waals surface area (Å²) in [6.45, 7) is 0.501. The highest BCUT2D eigenvalue weighted by atomic mass is 35.5. The van der Waals surface area contributed by atoms with Crippen molar-refractivity contribution in [2.24, 2.45) is 5.73 Å². The molecule has 20 heavy (non-hydrogen) atoms. The average molecular weight is 298 g/mol. The number of benzene rings is 2. The van der Waals surface area contributed by atoms with Crippen LogP contribution < -0.4 is 10.5 Å². The Hall–Kier alpha value is -1.65. The smallest absolute Gasteiger partial charge is 0.127 e. The van der Waals surface area contributed by atoms with Gasteiger partial charge in [-0.25, -0.2) is 8.78 Å². The maximum atomic E-state index is 13.4. The van der Waals surface area contributed by atoms with E-state index in [-0.39, 0.29) is 6.61 Å². The third-order valence-corrected chi connectivity index (χ3v) is 3.13. The molecule has 0 saturated heterocycles. The summed E-state index contributed by atoms with van der Waals surface area (Å²) in [5.74, 6) is -0.416. The Kier molecular flexibility index (Phi) is 4.93. The van der Waals surface area contributed by atoms with E-state index in [0.29, 0.717) is 29.3 Å². The quantitative estimate of drug-likeness (QED) is 0.913. The second kappa shape index (κ2) is 6.68. The van der Waals surface area contributed by atoms with Crippen LogP contribution in [0.1, 0.15) is 11.1 Å². The lowest BCUT2D eigenvalue weighted by Crippen LogP contribution is -2.04. The first kappa shape index (κ1) is 14.8. The molecule has 2 aromatic carbocycles. The molecule has 0 atom stereocenters. The first-order chi connectivity index (χ1) is 9.58. The first-order valence-electron chi connectivity index (χ1n) is 6.15. The molecule has 2 rings (SSSR count). The molecule has 0 bridgehead atoms. The maximum Gasteiger partial charge on any atom is 0.127 e. The molecule has 0 fully saturated rings. The molecule has 2 nitrogen and oxygen atoms in total. The number of hydrogen-bond acceptors (Lipinski definition) is 2.